The molecule has 0 unspecified atom stereocenters. The van der Waals surface area contributed by atoms with Gasteiger partial charge in [-0.2, -0.15) is 0 Å². The molecule has 0 amide bonds. The van der Waals surface area contributed by atoms with Crippen molar-refractivity contribution in [2.24, 2.45) is 0 Å². The maximum atomic E-state index is 13.7. The molecule has 176 valence electrons. The summed E-state index contributed by atoms with van der Waals surface area (Å²) in [5.41, 5.74) is 4.35. The number of carbonyl (C=O) groups is 2. The van der Waals surface area contributed by atoms with Crippen molar-refractivity contribution in [1.82, 2.24) is 5.32 Å². The summed E-state index contributed by atoms with van der Waals surface area (Å²) in [6.45, 7) is 3.98. The van der Waals surface area contributed by atoms with Crippen molar-refractivity contribution in [1.29, 1.82) is 0 Å². The maximum absolute atomic E-state index is 13.7. The summed E-state index contributed by atoms with van der Waals surface area (Å²) in [5.74, 6) is 0.197. The Labute approximate surface area is 211 Å². The lowest BCUT2D eigenvalue weighted by Crippen LogP contribution is -2.36. The number of fused-ring (bicyclic) bond motifs is 1. The predicted octanol–water partition coefficient (Wildman–Crippen LogP) is 5.76. The largest absolute Gasteiger partial charge is 0.463 e. The van der Waals surface area contributed by atoms with Gasteiger partial charge in [-0.15, -0.1) is 0 Å². The van der Waals surface area contributed by atoms with Crippen molar-refractivity contribution in [2.45, 2.75) is 38.5 Å². The second-order valence-electron chi connectivity index (χ2n) is 8.52. The summed E-state index contributed by atoms with van der Waals surface area (Å²) >= 11 is 9.70. The van der Waals surface area contributed by atoms with E-state index < -0.39 is 11.9 Å². The molecule has 0 fully saturated rings. The first-order valence-corrected chi connectivity index (χ1v) is 12.3. The zero-order valence-corrected chi connectivity index (χ0v) is 21.1. The fraction of sp³-hybridized carbons (Fsp3) is 0.308. The highest BCUT2D eigenvalue weighted by atomic mass is 79.9. The highest BCUT2D eigenvalue weighted by Crippen LogP contribution is 2.49. The molecule has 3 aliphatic rings. The van der Waals surface area contributed by atoms with E-state index in [0.717, 1.165) is 21.3 Å². The topological polar surface area (TPSA) is 73.9 Å². The van der Waals surface area contributed by atoms with Gasteiger partial charge in [-0.1, -0.05) is 39.7 Å². The van der Waals surface area contributed by atoms with Gasteiger partial charge in [-0.05, 0) is 61.6 Å². The lowest BCUT2D eigenvalue weighted by molar-refractivity contribution is -0.138. The van der Waals surface area contributed by atoms with E-state index in [2.05, 4.69) is 21.2 Å². The van der Waals surface area contributed by atoms with Crippen LogP contribution in [0.3, 0.4) is 0 Å². The zero-order chi connectivity index (χ0) is 24.0. The highest BCUT2D eigenvalue weighted by Gasteiger charge is 2.42. The summed E-state index contributed by atoms with van der Waals surface area (Å²) in [5, 5.41) is 4.02. The van der Waals surface area contributed by atoms with E-state index in [9.17, 15) is 9.59 Å². The molecule has 0 saturated carbocycles. The third kappa shape index (κ3) is 4.01. The van der Waals surface area contributed by atoms with Crippen LogP contribution >= 0.6 is 27.5 Å². The third-order valence-corrected chi connectivity index (χ3v) is 7.41. The molecule has 0 spiro atoms. The van der Waals surface area contributed by atoms with Gasteiger partial charge in [0.15, 0.2) is 17.3 Å². The number of esters is 1. The van der Waals surface area contributed by atoms with Crippen LogP contribution in [0.4, 0.5) is 0 Å². The smallest absolute Gasteiger partial charge is 0.336 e. The molecule has 0 aromatic heterocycles. The number of nitrogens with one attached hydrogen (secondary N) is 1. The van der Waals surface area contributed by atoms with Gasteiger partial charge in [-0.25, -0.2) is 4.79 Å². The number of carbonyl (C=O) groups excluding carboxylic acids is 2. The van der Waals surface area contributed by atoms with Crippen LogP contribution in [0.2, 0.25) is 5.02 Å². The Hall–Kier alpha value is -2.77. The number of benzene rings is 2. The van der Waals surface area contributed by atoms with Crippen LogP contribution in [0, 0.1) is 0 Å². The molecule has 8 heteroatoms. The summed E-state index contributed by atoms with van der Waals surface area (Å²) in [4.78, 5) is 26.8. The van der Waals surface area contributed by atoms with Crippen molar-refractivity contribution < 1.29 is 23.8 Å². The number of Topliss-reactive ketones (excluding diaryl/α,β-unsaturated/α-hetero) is 1. The maximum Gasteiger partial charge on any atom is 0.336 e. The first kappa shape index (κ1) is 23.0. The molecule has 2 aliphatic heterocycles. The third-order valence-electron chi connectivity index (χ3n) is 6.47. The second kappa shape index (κ2) is 9.12. The van der Waals surface area contributed by atoms with E-state index >= 15 is 0 Å². The van der Waals surface area contributed by atoms with Gasteiger partial charge in [0.25, 0.3) is 0 Å². The molecule has 5 rings (SSSR count). The highest BCUT2D eigenvalue weighted by molar-refractivity contribution is 9.10. The van der Waals surface area contributed by atoms with Crippen molar-refractivity contribution in [3.8, 4) is 11.5 Å². The van der Waals surface area contributed by atoms with Gasteiger partial charge < -0.3 is 19.5 Å². The Morgan fingerprint density at radius 1 is 1.18 bits per heavy atom. The van der Waals surface area contributed by atoms with Crippen molar-refractivity contribution in [3.05, 3.63) is 79.6 Å². The fourth-order valence-electron chi connectivity index (χ4n) is 4.95. The van der Waals surface area contributed by atoms with Gasteiger partial charge in [0.1, 0.15) is 0 Å². The fourth-order valence-corrected chi connectivity index (χ4v) is 5.63. The number of allylic oxidation sites excluding steroid dienone is 3. The molecule has 2 aromatic carbocycles. The van der Waals surface area contributed by atoms with Gasteiger partial charge in [0.2, 0.25) is 6.79 Å². The molecule has 1 N–H and O–H groups in total. The molecule has 2 atom stereocenters. The van der Waals surface area contributed by atoms with E-state index in [1.54, 1.807) is 6.92 Å². The molecule has 1 aliphatic carbocycles. The standard InChI is InChI=1S/C26H23BrClNO5/c1-3-32-26(31)23-13(2)29-19-8-15(14-4-6-16(28)7-5-14)9-20(30)25(19)24(23)17-10-21-22(11-18(17)27)34-12-33-21/h4-7,10-11,15,24,29H,3,8-9,12H2,1-2H3/t15-,24-/m1/s1. The minimum atomic E-state index is -0.585. The Balaban J connectivity index is 1.62. The summed E-state index contributed by atoms with van der Waals surface area (Å²) in [6, 6.07) is 11.3. The summed E-state index contributed by atoms with van der Waals surface area (Å²) < 4.78 is 17.2. The average Bonchev–Trinajstić information content (AvgIpc) is 3.25. The van der Waals surface area contributed by atoms with Crippen LogP contribution < -0.4 is 14.8 Å². The van der Waals surface area contributed by atoms with Gasteiger partial charge >= 0.3 is 5.97 Å². The van der Waals surface area contributed by atoms with E-state index in [0.29, 0.717) is 46.2 Å². The first-order valence-electron chi connectivity index (χ1n) is 11.1. The zero-order valence-electron chi connectivity index (χ0n) is 18.7. The van der Waals surface area contributed by atoms with Crippen LogP contribution in [0.25, 0.3) is 0 Å². The number of ether oxygens (including phenoxy) is 3. The molecule has 34 heavy (non-hydrogen) atoms. The minimum absolute atomic E-state index is 0.00225. The van der Waals surface area contributed by atoms with Gasteiger partial charge in [0.05, 0.1) is 12.2 Å². The normalized spacial score (nSPS) is 21.4. The van der Waals surface area contributed by atoms with Gasteiger partial charge in [0, 0.05) is 38.8 Å². The van der Waals surface area contributed by atoms with Crippen LogP contribution in [0.15, 0.2) is 63.4 Å². The Morgan fingerprint density at radius 2 is 1.88 bits per heavy atom. The number of halogens is 2. The molecule has 0 bridgehead atoms. The van der Waals surface area contributed by atoms with Gasteiger partial charge in [-0.3, -0.25) is 4.79 Å². The van der Waals surface area contributed by atoms with Crippen LogP contribution in [0.5, 0.6) is 11.5 Å². The van der Waals surface area contributed by atoms with E-state index in [1.165, 1.54) is 0 Å². The lowest BCUT2D eigenvalue weighted by atomic mass is 9.71. The van der Waals surface area contributed by atoms with E-state index in [1.807, 2.05) is 43.3 Å². The van der Waals surface area contributed by atoms with Crippen LogP contribution in [-0.2, 0) is 14.3 Å². The first-order chi connectivity index (χ1) is 16.4. The van der Waals surface area contributed by atoms with Crippen molar-refractivity contribution >= 4 is 39.3 Å². The predicted molar refractivity (Wildman–Crippen MR) is 131 cm³/mol. The molecule has 0 radical (unpaired) electrons. The van der Waals surface area contributed by atoms with E-state index in [-0.39, 0.29) is 25.1 Å². The molecule has 0 saturated heterocycles. The molecule has 2 heterocycles. The molecule has 6 nitrogen and oxygen atoms in total. The van der Waals surface area contributed by atoms with Crippen LogP contribution in [-0.4, -0.2) is 25.2 Å². The summed E-state index contributed by atoms with van der Waals surface area (Å²) in [6.07, 6.45) is 0.991. The number of dihydropyridines is 1. The van der Waals surface area contributed by atoms with Crippen LogP contribution in [0.1, 0.15) is 49.7 Å². The average molecular weight is 545 g/mol. The second-order valence-corrected chi connectivity index (χ2v) is 9.81. The minimum Gasteiger partial charge on any atom is -0.463 e. The monoisotopic (exact) mass is 543 g/mol. The number of hydrogen-bond acceptors (Lipinski definition) is 6. The SMILES string of the molecule is CCOC(=O)C1=C(C)NC2=C(C(=O)C[C@H](c3ccc(Cl)cc3)C2)[C@@H]1c1cc2c(cc1Br)OCO2. The summed E-state index contributed by atoms with van der Waals surface area (Å²) in [7, 11) is 0. The molecular formula is C26H23BrClNO5. The van der Waals surface area contributed by atoms with Crippen molar-refractivity contribution in [2.75, 3.05) is 13.4 Å². The lowest BCUT2D eigenvalue weighted by Gasteiger charge is -2.37. The quantitative estimate of drug-likeness (QED) is 0.494. The number of hydrogen-bond donors (Lipinski definition) is 1. The number of rotatable bonds is 4. The Morgan fingerprint density at radius 3 is 2.59 bits per heavy atom. The molecule has 2 aromatic rings. The molecular weight excluding hydrogens is 522 g/mol. The number of ketones is 1. The van der Waals surface area contributed by atoms with E-state index in [4.69, 9.17) is 25.8 Å². The van der Waals surface area contributed by atoms with Crippen molar-refractivity contribution in [3.63, 3.8) is 0 Å². The Bertz CT molecular complexity index is 1250. The Kier molecular flexibility index (Phi) is 6.16.